The van der Waals surface area contributed by atoms with Crippen LogP contribution in [0.5, 0.6) is 0 Å². The van der Waals surface area contributed by atoms with E-state index >= 15 is 0 Å². The van der Waals surface area contributed by atoms with Crippen molar-refractivity contribution in [1.82, 2.24) is 9.80 Å². The number of nitrogens with zero attached hydrogens (tertiary/aromatic N) is 8. The number of fused-ring (bicyclic) bond motifs is 6. The topological polar surface area (TPSA) is 124 Å². The Morgan fingerprint density at radius 2 is 1.04 bits per heavy atom. The van der Waals surface area contributed by atoms with Gasteiger partial charge < -0.3 is 22.1 Å². The smallest absolute Gasteiger partial charge is 0.373 e. The van der Waals surface area contributed by atoms with Gasteiger partial charge in [-0.3, -0.25) is 19.6 Å². The van der Waals surface area contributed by atoms with Crippen LogP contribution in [0.2, 0.25) is 0 Å². The molecule has 4 heterocycles. The SMILES string of the molecule is C1CCN2C[C@@H]3C[C@@H](CN4CCCC[C@@H]34)[C@H]2C1.[Cu+2].[N-]=[N+]=[N-].[N-]=[N+]=[N-]. The van der Waals surface area contributed by atoms with E-state index in [4.69, 9.17) is 22.1 Å². The number of hydrogen-bond donors (Lipinski definition) is 0. The predicted molar refractivity (Wildman–Crippen MR) is 90.2 cm³/mol. The summed E-state index contributed by atoms with van der Waals surface area (Å²) in [6, 6.07) is 1.92. The molecule has 0 aromatic carbocycles. The second kappa shape index (κ2) is 10.8. The van der Waals surface area contributed by atoms with E-state index in [0.717, 1.165) is 23.9 Å². The maximum absolute atomic E-state index is 6.75. The van der Waals surface area contributed by atoms with Crippen LogP contribution in [0, 0.1) is 11.8 Å². The summed E-state index contributed by atoms with van der Waals surface area (Å²) in [5.74, 6) is 2.03. The Balaban J connectivity index is 0.000000366. The minimum atomic E-state index is 0. The van der Waals surface area contributed by atoms with Crippen molar-refractivity contribution >= 4 is 0 Å². The fourth-order valence-corrected chi connectivity index (χ4v) is 5.25. The van der Waals surface area contributed by atoms with E-state index in [1.54, 1.807) is 6.42 Å². The molecular formula is C15H26CuN8. The quantitative estimate of drug-likeness (QED) is 0.271. The number of rotatable bonds is 0. The monoisotopic (exact) mass is 381 g/mol. The Bertz CT molecular complexity index is 407. The van der Waals surface area contributed by atoms with Crippen molar-refractivity contribution in [3.8, 4) is 0 Å². The van der Waals surface area contributed by atoms with Gasteiger partial charge in [-0.25, -0.2) is 0 Å². The third-order valence-corrected chi connectivity index (χ3v) is 5.96. The van der Waals surface area contributed by atoms with Crippen LogP contribution in [0.4, 0.5) is 0 Å². The Hall–Kier alpha value is -0.941. The zero-order chi connectivity index (χ0) is 16.7. The molecule has 4 rings (SSSR count). The van der Waals surface area contributed by atoms with Gasteiger partial charge in [-0.05, 0) is 57.0 Å². The van der Waals surface area contributed by atoms with Crippen molar-refractivity contribution in [1.29, 1.82) is 0 Å². The molecule has 2 bridgehead atoms. The van der Waals surface area contributed by atoms with Gasteiger partial charge in [-0.1, -0.05) is 12.8 Å². The maximum Gasteiger partial charge on any atom is 2.00 e. The van der Waals surface area contributed by atoms with Gasteiger partial charge in [0.1, 0.15) is 0 Å². The van der Waals surface area contributed by atoms with Gasteiger partial charge in [0.25, 0.3) is 0 Å². The first-order chi connectivity index (χ1) is 11.2. The van der Waals surface area contributed by atoms with Crippen molar-refractivity contribution in [2.45, 2.75) is 57.0 Å². The summed E-state index contributed by atoms with van der Waals surface area (Å²) < 4.78 is 0. The van der Waals surface area contributed by atoms with Crippen LogP contribution in [-0.4, -0.2) is 48.1 Å². The van der Waals surface area contributed by atoms with E-state index < -0.39 is 0 Å². The third-order valence-electron chi connectivity index (χ3n) is 5.96. The number of piperidine rings is 4. The summed E-state index contributed by atoms with van der Waals surface area (Å²) >= 11 is 0. The molecule has 9 heteroatoms. The molecule has 4 atom stereocenters. The molecule has 0 amide bonds. The van der Waals surface area contributed by atoms with Crippen LogP contribution in [0.25, 0.3) is 31.9 Å². The molecule has 4 saturated heterocycles. The van der Waals surface area contributed by atoms with E-state index in [1.165, 1.54) is 74.5 Å². The summed E-state index contributed by atoms with van der Waals surface area (Å²) in [6.45, 7) is 5.68. The van der Waals surface area contributed by atoms with Gasteiger partial charge in [-0.2, -0.15) is 0 Å². The summed E-state index contributed by atoms with van der Waals surface area (Å²) in [6.07, 6.45) is 10.5. The van der Waals surface area contributed by atoms with Crippen LogP contribution >= 0.6 is 0 Å². The Morgan fingerprint density at radius 3 is 1.42 bits per heavy atom. The van der Waals surface area contributed by atoms with E-state index in [2.05, 4.69) is 9.80 Å². The largest absolute Gasteiger partial charge is 2.00 e. The van der Waals surface area contributed by atoms with Crippen LogP contribution in [0.15, 0.2) is 0 Å². The van der Waals surface area contributed by atoms with Crippen molar-refractivity contribution < 1.29 is 17.1 Å². The minimum Gasteiger partial charge on any atom is -0.373 e. The second-order valence-electron chi connectivity index (χ2n) is 7.05. The summed E-state index contributed by atoms with van der Waals surface area (Å²) in [5.41, 5.74) is 27.0. The van der Waals surface area contributed by atoms with Crippen LogP contribution < -0.4 is 0 Å². The first-order valence-electron chi connectivity index (χ1n) is 8.70. The first-order valence-corrected chi connectivity index (χ1v) is 8.70. The first kappa shape index (κ1) is 21.1. The fourth-order valence-electron chi connectivity index (χ4n) is 5.25. The summed E-state index contributed by atoms with van der Waals surface area (Å²) in [7, 11) is 0. The molecule has 0 aliphatic carbocycles. The van der Waals surface area contributed by atoms with Gasteiger partial charge in [0.2, 0.25) is 0 Å². The Morgan fingerprint density at radius 1 is 0.667 bits per heavy atom. The zero-order valence-corrected chi connectivity index (χ0v) is 14.9. The van der Waals surface area contributed by atoms with Crippen LogP contribution in [-0.2, 0) is 17.1 Å². The van der Waals surface area contributed by atoms with Crippen LogP contribution in [0.1, 0.15) is 44.9 Å². The molecule has 0 N–H and O–H groups in total. The molecule has 0 spiro atoms. The molecular weight excluding hydrogens is 356 g/mol. The molecule has 137 valence electrons. The van der Waals surface area contributed by atoms with Crippen molar-refractivity contribution in [2.24, 2.45) is 11.8 Å². The zero-order valence-electron chi connectivity index (χ0n) is 14.0. The van der Waals surface area contributed by atoms with Gasteiger partial charge in [0.15, 0.2) is 0 Å². The molecule has 0 aromatic rings. The van der Waals surface area contributed by atoms with Crippen molar-refractivity contribution in [2.75, 3.05) is 26.2 Å². The normalized spacial score (nSPS) is 34.2. The van der Waals surface area contributed by atoms with Crippen molar-refractivity contribution in [3.05, 3.63) is 31.9 Å². The molecule has 24 heavy (non-hydrogen) atoms. The molecule has 1 radical (unpaired) electrons. The molecule has 0 aromatic heterocycles. The van der Waals surface area contributed by atoms with E-state index in [-0.39, 0.29) is 17.1 Å². The van der Waals surface area contributed by atoms with E-state index in [1.807, 2.05) is 0 Å². The van der Waals surface area contributed by atoms with Gasteiger partial charge in [-0.15, -0.1) is 0 Å². The molecule has 0 saturated carbocycles. The van der Waals surface area contributed by atoms with Crippen LogP contribution in [0.3, 0.4) is 0 Å². The number of hydrogen-bond acceptors (Lipinski definition) is 2. The average molecular weight is 382 g/mol. The van der Waals surface area contributed by atoms with Crippen molar-refractivity contribution in [3.63, 3.8) is 0 Å². The molecule has 0 unspecified atom stereocenters. The standard InChI is InChI=1S/C15H26N2.Cu.2N3/c1-3-7-16-11-13-9-12(14(16)5-1)10-17-8-4-2-6-15(13)17;;2*1-3-2/h12-15H,1-11H2;;;/q;+2;2*-1/t12-,13-,14-,15+;;;/m0.../s1. The van der Waals surface area contributed by atoms with E-state index in [0.29, 0.717) is 0 Å². The van der Waals surface area contributed by atoms with E-state index in [9.17, 15) is 0 Å². The molecule has 4 fully saturated rings. The molecule has 4 aliphatic rings. The van der Waals surface area contributed by atoms with Gasteiger partial charge in [0.05, 0.1) is 0 Å². The second-order valence-corrected chi connectivity index (χ2v) is 7.05. The van der Waals surface area contributed by atoms with Gasteiger partial charge in [0, 0.05) is 25.2 Å². The average Bonchev–Trinajstić information content (AvgIpc) is 2.57. The summed E-state index contributed by atoms with van der Waals surface area (Å²) in [5, 5.41) is 0. The Labute approximate surface area is 154 Å². The minimum absolute atomic E-state index is 0. The Kier molecular flexibility index (Phi) is 9.52. The summed E-state index contributed by atoms with van der Waals surface area (Å²) in [4.78, 5) is 8.74. The fraction of sp³-hybridized carbons (Fsp3) is 1.00. The molecule has 8 nitrogen and oxygen atoms in total. The molecule has 4 aliphatic heterocycles. The predicted octanol–water partition coefficient (Wildman–Crippen LogP) is 4.07. The van der Waals surface area contributed by atoms with Gasteiger partial charge >= 0.3 is 17.1 Å². The third kappa shape index (κ3) is 5.03. The maximum atomic E-state index is 6.75.